The molecule has 0 saturated carbocycles. The fourth-order valence-corrected chi connectivity index (χ4v) is 4.12. The number of hydrogen-bond acceptors (Lipinski definition) is 5. The molecule has 1 saturated heterocycles. The number of rotatable bonds is 5. The van der Waals surface area contributed by atoms with E-state index in [2.05, 4.69) is 63.5 Å². The smallest absolute Gasteiger partial charge is 0.253 e. The van der Waals surface area contributed by atoms with E-state index in [0.717, 1.165) is 30.0 Å². The number of piperazine rings is 1. The molecule has 0 radical (unpaired) electrons. The second-order valence-electron chi connectivity index (χ2n) is 8.45. The van der Waals surface area contributed by atoms with Crippen LogP contribution >= 0.6 is 0 Å². The van der Waals surface area contributed by atoms with Gasteiger partial charge in [0.2, 0.25) is 5.95 Å². The van der Waals surface area contributed by atoms with Gasteiger partial charge >= 0.3 is 0 Å². The van der Waals surface area contributed by atoms with Crippen LogP contribution in [-0.4, -0.2) is 47.0 Å². The summed E-state index contributed by atoms with van der Waals surface area (Å²) in [6.45, 7) is 5.17. The van der Waals surface area contributed by atoms with Crippen molar-refractivity contribution in [2.45, 2.75) is 6.92 Å². The van der Waals surface area contributed by atoms with Gasteiger partial charge in [0.1, 0.15) is 0 Å². The van der Waals surface area contributed by atoms with Crippen molar-refractivity contribution in [2.75, 3.05) is 36.4 Å². The van der Waals surface area contributed by atoms with Gasteiger partial charge in [-0.3, -0.25) is 4.79 Å². The van der Waals surface area contributed by atoms with Crippen LogP contribution in [0.2, 0.25) is 0 Å². The predicted octanol–water partition coefficient (Wildman–Crippen LogP) is 5.16. The summed E-state index contributed by atoms with van der Waals surface area (Å²) in [5.41, 5.74) is 5.85. The zero-order valence-corrected chi connectivity index (χ0v) is 19.2. The van der Waals surface area contributed by atoms with Crippen LogP contribution < -0.4 is 10.2 Å². The molecule has 1 aromatic heterocycles. The number of carbonyl (C=O) groups excluding carboxylic acids is 1. The van der Waals surface area contributed by atoms with Crippen molar-refractivity contribution in [3.8, 4) is 11.3 Å². The van der Waals surface area contributed by atoms with E-state index in [4.69, 9.17) is 0 Å². The molecule has 5 rings (SSSR count). The SMILES string of the molecule is Cc1ccc(-c2ccnc(Nc3ccc(C(=O)N4CCN(c5ccccc5)CC4)cc3)n2)cc1. The number of carbonyl (C=O) groups is 1. The lowest BCUT2D eigenvalue weighted by molar-refractivity contribution is 0.0747. The highest BCUT2D eigenvalue weighted by Gasteiger charge is 2.22. The predicted molar refractivity (Wildman–Crippen MR) is 136 cm³/mol. The minimum Gasteiger partial charge on any atom is -0.368 e. The summed E-state index contributed by atoms with van der Waals surface area (Å²) in [7, 11) is 0. The lowest BCUT2D eigenvalue weighted by Gasteiger charge is -2.36. The van der Waals surface area contributed by atoms with Crippen LogP contribution in [0.15, 0.2) is 91.1 Å². The van der Waals surface area contributed by atoms with Crippen LogP contribution in [0, 0.1) is 6.92 Å². The number of anilines is 3. The molecule has 0 spiro atoms. The van der Waals surface area contributed by atoms with Crippen LogP contribution in [0.25, 0.3) is 11.3 Å². The first-order valence-electron chi connectivity index (χ1n) is 11.5. The van der Waals surface area contributed by atoms with E-state index in [-0.39, 0.29) is 5.91 Å². The fraction of sp³-hybridized carbons (Fsp3) is 0.179. The Kier molecular flexibility index (Phi) is 6.21. The maximum Gasteiger partial charge on any atom is 0.253 e. The third kappa shape index (κ3) is 4.91. The molecule has 0 unspecified atom stereocenters. The number of aromatic nitrogens is 2. The molecule has 1 aliphatic heterocycles. The molecule has 3 aromatic carbocycles. The van der Waals surface area contributed by atoms with Gasteiger partial charge in [0.25, 0.3) is 5.91 Å². The molecular weight excluding hydrogens is 422 g/mol. The Morgan fingerprint density at radius 2 is 1.53 bits per heavy atom. The summed E-state index contributed by atoms with van der Waals surface area (Å²) in [5, 5.41) is 3.24. The van der Waals surface area contributed by atoms with E-state index in [9.17, 15) is 4.79 Å². The van der Waals surface area contributed by atoms with Crippen molar-refractivity contribution in [3.63, 3.8) is 0 Å². The molecule has 6 heteroatoms. The first kappa shape index (κ1) is 21.6. The molecule has 34 heavy (non-hydrogen) atoms. The summed E-state index contributed by atoms with van der Waals surface area (Å²) >= 11 is 0. The molecular formula is C28H27N5O. The van der Waals surface area contributed by atoms with Crippen molar-refractivity contribution in [3.05, 3.63) is 102 Å². The summed E-state index contributed by atoms with van der Waals surface area (Å²) in [5.74, 6) is 0.589. The first-order valence-corrected chi connectivity index (χ1v) is 11.5. The number of amides is 1. The molecule has 1 fully saturated rings. The Balaban J connectivity index is 1.21. The fourth-order valence-electron chi connectivity index (χ4n) is 4.12. The lowest BCUT2D eigenvalue weighted by atomic mass is 10.1. The number of para-hydroxylation sites is 1. The summed E-state index contributed by atoms with van der Waals surface area (Å²) in [6, 6.07) is 28.0. The van der Waals surface area contributed by atoms with E-state index < -0.39 is 0 Å². The van der Waals surface area contributed by atoms with Crippen LogP contribution in [0.1, 0.15) is 15.9 Å². The van der Waals surface area contributed by atoms with Crippen LogP contribution in [0.4, 0.5) is 17.3 Å². The zero-order chi connectivity index (χ0) is 23.3. The molecule has 0 aliphatic carbocycles. The largest absolute Gasteiger partial charge is 0.368 e. The monoisotopic (exact) mass is 449 g/mol. The molecule has 0 bridgehead atoms. The molecule has 2 heterocycles. The van der Waals surface area contributed by atoms with Gasteiger partial charge in [0.05, 0.1) is 5.69 Å². The van der Waals surface area contributed by atoms with Gasteiger partial charge < -0.3 is 15.1 Å². The minimum atomic E-state index is 0.0666. The summed E-state index contributed by atoms with van der Waals surface area (Å²) < 4.78 is 0. The number of hydrogen-bond donors (Lipinski definition) is 1. The highest BCUT2D eigenvalue weighted by molar-refractivity contribution is 5.94. The van der Waals surface area contributed by atoms with Crippen LogP contribution in [0.5, 0.6) is 0 Å². The Morgan fingerprint density at radius 3 is 2.24 bits per heavy atom. The maximum atomic E-state index is 13.0. The minimum absolute atomic E-state index is 0.0666. The van der Waals surface area contributed by atoms with Crippen molar-refractivity contribution < 1.29 is 4.79 Å². The molecule has 4 aromatic rings. The van der Waals surface area contributed by atoms with Crippen LogP contribution in [-0.2, 0) is 0 Å². The van der Waals surface area contributed by atoms with Gasteiger partial charge in [-0.15, -0.1) is 0 Å². The van der Waals surface area contributed by atoms with E-state index in [0.29, 0.717) is 24.6 Å². The van der Waals surface area contributed by atoms with Crippen molar-refractivity contribution in [2.24, 2.45) is 0 Å². The van der Waals surface area contributed by atoms with E-state index >= 15 is 0 Å². The van der Waals surface area contributed by atoms with E-state index in [1.807, 2.05) is 53.4 Å². The Labute approximate surface area is 199 Å². The highest BCUT2D eigenvalue weighted by atomic mass is 16.2. The Morgan fingerprint density at radius 1 is 0.824 bits per heavy atom. The highest BCUT2D eigenvalue weighted by Crippen LogP contribution is 2.21. The van der Waals surface area contributed by atoms with Gasteiger partial charge in [0, 0.05) is 54.9 Å². The molecule has 1 amide bonds. The van der Waals surface area contributed by atoms with Gasteiger partial charge in [-0.2, -0.15) is 0 Å². The van der Waals surface area contributed by atoms with Crippen molar-refractivity contribution in [1.29, 1.82) is 0 Å². The zero-order valence-electron chi connectivity index (χ0n) is 19.2. The number of nitrogens with zero attached hydrogens (tertiary/aromatic N) is 4. The maximum absolute atomic E-state index is 13.0. The third-order valence-electron chi connectivity index (χ3n) is 6.08. The number of nitrogens with one attached hydrogen (secondary N) is 1. The number of benzene rings is 3. The molecule has 6 nitrogen and oxygen atoms in total. The average Bonchev–Trinajstić information content (AvgIpc) is 2.90. The average molecular weight is 450 g/mol. The van der Waals surface area contributed by atoms with Crippen molar-refractivity contribution in [1.82, 2.24) is 14.9 Å². The molecule has 1 N–H and O–H groups in total. The summed E-state index contributed by atoms with van der Waals surface area (Å²) in [6.07, 6.45) is 1.75. The quantitative estimate of drug-likeness (QED) is 0.456. The molecule has 1 aliphatic rings. The van der Waals surface area contributed by atoms with Gasteiger partial charge in [-0.05, 0) is 49.4 Å². The van der Waals surface area contributed by atoms with E-state index in [1.54, 1.807) is 6.20 Å². The lowest BCUT2D eigenvalue weighted by Crippen LogP contribution is -2.48. The normalized spacial score (nSPS) is 13.6. The third-order valence-corrected chi connectivity index (χ3v) is 6.08. The Hall–Kier alpha value is -4.19. The van der Waals surface area contributed by atoms with Crippen LogP contribution in [0.3, 0.4) is 0 Å². The summed E-state index contributed by atoms with van der Waals surface area (Å²) in [4.78, 5) is 26.2. The standard InChI is InChI=1S/C28H27N5O/c1-21-7-9-22(10-8-21)26-15-16-29-28(31-26)30-24-13-11-23(12-14-24)27(34)33-19-17-32(18-20-33)25-5-3-2-4-6-25/h2-16H,17-20H2,1H3,(H,29,30,31). The topological polar surface area (TPSA) is 61.4 Å². The number of aryl methyl sites for hydroxylation is 1. The second kappa shape index (κ2) is 9.75. The molecule has 0 atom stereocenters. The first-order chi connectivity index (χ1) is 16.7. The second-order valence-corrected chi connectivity index (χ2v) is 8.45. The molecule has 170 valence electrons. The van der Waals surface area contributed by atoms with Gasteiger partial charge in [-0.25, -0.2) is 9.97 Å². The van der Waals surface area contributed by atoms with Gasteiger partial charge in [-0.1, -0.05) is 48.0 Å². The Bertz CT molecular complexity index is 1250. The van der Waals surface area contributed by atoms with Gasteiger partial charge in [0.15, 0.2) is 0 Å². The van der Waals surface area contributed by atoms with E-state index in [1.165, 1.54) is 11.3 Å². The van der Waals surface area contributed by atoms with Crippen molar-refractivity contribution >= 4 is 23.2 Å².